The zero-order chi connectivity index (χ0) is 24.7. The number of hydrogen-bond donors (Lipinski definition) is 4. The smallest absolute Gasteiger partial charge is 0.229 e. The van der Waals surface area contributed by atoms with Gasteiger partial charge < -0.3 is 25.2 Å². The van der Waals surface area contributed by atoms with Gasteiger partial charge in [-0.3, -0.25) is 0 Å². The lowest BCUT2D eigenvalue weighted by molar-refractivity contribution is 0.281. The molecule has 1 aromatic heterocycles. The van der Waals surface area contributed by atoms with Crippen molar-refractivity contribution in [1.82, 2.24) is 9.97 Å². The van der Waals surface area contributed by atoms with Crippen molar-refractivity contribution in [3.63, 3.8) is 0 Å². The fraction of sp³-hybridized carbons (Fsp3) is 0.250. The molecule has 0 aliphatic carbocycles. The fourth-order valence-electron chi connectivity index (χ4n) is 2.87. The molecule has 2 atom stereocenters. The quantitative estimate of drug-likeness (QED) is 0.360. The summed E-state index contributed by atoms with van der Waals surface area (Å²) in [5, 5.41) is 15.7. The number of aliphatic hydroxyl groups excluding tert-OH is 1. The predicted molar refractivity (Wildman–Crippen MR) is 133 cm³/mol. The van der Waals surface area contributed by atoms with Crippen LogP contribution in [-0.4, -0.2) is 52.4 Å². The molecule has 2 aromatic carbocycles. The van der Waals surface area contributed by atoms with Gasteiger partial charge in [0, 0.05) is 34.5 Å². The highest BCUT2D eigenvalue weighted by Crippen LogP contribution is 2.23. The molecular weight excluding hydrogens is 454 g/mol. The Morgan fingerprint density at radius 1 is 1.12 bits per heavy atom. The Labute approximate surface area is 199 Å². The van der Waals surface area contributed by atoms with Crippen LogP contribution < -0.4 is 20.1 Å². The molecule has 0 bridgehead atoms. The molecule has 178 valence electrons. The summed E-state index contributed by atoms with van der Waals surface area (Å²) >= 11 is 0. The van der Waals surface area contributed by atoms with Crippen LogP contribution in [0, 0.1) is 16.6 Å². The van der Waals surface area contributed by atoms with E-state index >= 15 is 0 Å². The first-order valence-corrected chi connectivity index (χ1v) is 12.3. The number of anilines is 3. The number of nitrogens with one attached hydrogen (secondary N) is 3. The van der Waals surface area contributed by atoms with Gasteiger partial charge in [-0.05, 0) is 43.3 Å². The fourth-order valence-corrected chi connectivity index (χ4v) is 3.52. The predicted octanol–water partition coefficient (Wildman–Crippen LogP) is 3.47. The SMILES string of the molecule is COc1cc(C#Cc2cnc(Nc3ccc(S(C)(=N)=O)cc3)nc2N[C@H](C)CO)cc(OC)c1. The lowest BCUT2D eigenvalue weighted by Crippen LogP contribution is -2.21. The van der Waals surface area contributed by atoms with Gasteiger partial charge in [-0.1, -0.05) is 11.8 Å². The average Bonchev–Trinajstić information content (AvgIpc) is 2.83. The second kappa shape index (κ2) is 10.9. The van der Waals surface area contributed by atoms with E-state index in [0.717, 1.165) is 0 Å². The number of ether oxygens (including phenoxy) is 2. The van der Waals surface area contributed by atoms with Gasteiger partial charge in [-0.2, -0.15) is 4.98 Å². The van der Waals surface area contributed by atoms with Crippen molar-refractivity contribution in [2.45, 2.75) is 17.9 Å². The van der Waals surface area contributed by atoms with Crippen LogP contribution in [0.5, 0.6) is 11.5 Å². The third-order valence-electron chi connectivity index (χ3n) is 4.70. The molecule has 9 nitrogen and oxygen atoms in total. The third-order valence-corrected chi connectivity index (χ3v) is 5.87. The molecule has 0 radical (unpaired) electrons. The highest BCUT2D eigenvalue weighted by molar-refractivity contribution is 7.91. The standard InChI is InChI=1S/C24H27N5O4S/c1-16(15-30)27-23-18(6-5-17-11-20(32-2)13-21(12-17)33-3)14-26-24(29-23)28-19-7-9-22(10-8-19)34(4,25)31/h7-14,16,25,30H,15H2,1-4H3,(H2,26,27,28,29)/t16-,34?/m1/s1. The zero-order valence-electron chi connectivity index (χ0n) is 19.4. The lowest BCUT2D eigenvalue weighted by atomic mass is 10.2. The van der Waals surface area contributed by atoms with Crippen molar-refractivity contribution in [2.24, 2.45) is 0 Å². The number of methoxy groups -OCH3 is 2. The van der Waals surface area contributed by atoms with Gasteiger partial charge in [0.2, 0.25) is 5.95 Å². The summed E-state index contributed by atoms with van der Waals surface area (Å²) in [6.07, 6.45) is 2.96. The average molecular weight is 482 g/mol. The van der Waals surface area contributed by atoms with Gasteiger partial charge in [-0.15, -0.1) is 0 Å². The molecule has 4 N–H and O–H groups in total. The molecule has 0 amide bonds. The molecule has 3 rings (SSSR count). The second-order valence-electron chi connectivity index (χ2n) is 7.53. The normalized spacial score (nSPS) is 13.1. The van der Waals surface area contributed by atoms with Crippen molar-refractivity contribution in [3.05, 3.63) is 59.8 Å². The van der Waals surface area contributed by atoms with Gasteiger partial charge >= 0.3 is 0 Å². The molecule has 0 aliphatic rings. The number of benzene rings is 2. The first-order chi connectivity index (χ1) is 16.2. The van der Waals surface area contributed by atoms with Crippen LogP contribution in [0.15, 0.2) is 53.6 Å². The van der Waals surface area contributed by atoms with E-state index in [2.05, 4.69) is 32.4 Å². The van der Waals surface area contributed by atoms with Gasteiger partial charge in [0.05, 0.1) is 42.3 Å². The van der Waals surface area contributed by atoms with Crippen molar-refractivity contribution < 1.29 is 18.8 Å². The van der Waals surface area contributed by atoms with Gasteiger partial charge in [0.25, 0.3) is 0 Å². The number of hydrogen-bond acceptors (Lipinski definition) is 9. The maximum atomic E-state index is 11.9. The minimum Gasteiger partial charge on any atom is -0.497 e. The summed E-state index contributed by atoms with van der Waals surface area (Å²) in [6.45, 7) is 1.73. The number of rotatable bonds is 8. The Morgan fingerprint density at radius 2 is 1.76 bits per heavy atom. The highest BCUT2D eigenvalue weighted by Gasteiger charge is 2.10. The van der Waals surface area contributed by atoms with Crippen LogP contribution in [-0.2, 0) is 9.73 Å². The maximum Gasteiger partial charge on any atom is 0.229 e. The molecule has 1 heterocycles. The van der Waals surface area contributed by atoms with Crippen molar-refractivity contribution >= 4 is 27.2 Å². The van der Waals surface area contributed by atoms with Crippen LogP contribution >= 0.6 is 0 Å². The van der Waals surface area contributed by atoms with E-state index in [1.54, 1.807) is 62.9 Å². The number of aromatic nitrogens is 2. The van der Waals surface area contributed by atoms with E-state index < -0.39 is 9.73 Å². The molecule has 3 aromatic rings. The van der Waals surface area contributed by atoms with Crippen LogP contribution in [0.2, 0.25) is 0 Å². The minimum absolute atomic E-state index is 0.0857. The first-order valence-electron chi connectivity index (χ1n) is 10.3. The Balaban J connectivity index is 1.91. The van der Waals surface area contributed by atoms with E-state index in [1.165, 1.54) is 6.26 Å². The first kappa shape index (κ1) is 24.8. The van der Waals surface area contributed by atoms with Gasteiger partial charge in [0.1, 0.15) is 17.3 Å². The zero-order valence-corrected chi connectivity index (χ0v) is 20.2. The Bertz CT molecular complexity index is 1290. The molecule has 0 spiro atoms. The van der Waals surface area contributed by atoms with Crippen molar-refractivity contribution in [3.8, 4) is 23.3 Å². The monoisotopic (exact) mass is 481 g/mol. The highest BCUT2D eigenvalue weighted by atomic mass is 32.2. The largest absolute Gasteiger partial charge is 0.497 e. The molecule has 0 aliphatic heterocycles. The van der Waals surface area contributed by atoms with Crippen LogP contribution in [0.4, 0.5) is 17.5 Å². The van der Waals surface area contributed by atoms with Crippen LogP contribution in [0.25, 0.3) is 0 Å². The van der Waals surface area contributed by atoms with E-state index in [9.17, 15) is 9.32 Å². The third kappa shape index (κ3) is 6.60. The molecular formula is C24H27N5O4S. The van der Waals surface area contributed by atoms with Crippen molar-refractivity contribution in [1.29, 1.82) is 4.78 Å². The van der Waals surface area contributed by atoms with E-state index in [4.69, 9.17) is 14.3 Å². The van der Waals surface area contributed by atoms with Crippen LogP contribution in [0.1, 0.15) is 18.1 Å². The van der Waals surface area contributed by atoms with Crippen molar-refractivity contribution in [2.75, 3.05) is 37.7 Å². The molecule has 10 heteroatoms. The van der Waals surface area contributed by atoms with Gasteiger partial charge in [0.15, 0.2) is 0 Å². The lowest BCUT2D eigenvalue weighted by Gasteiger charge is -2.14. The number of aliphatic hydroxyl groups is 1. The van der Waals surface area contributed by atoms with E-state index in [-0.39, 0.29) is 12.6 Å². The molecule has 0 fully saturated rings. The summed E-state index contributed by atoms with van der Waals surface area (Å²) in [4.78, 5) is 9.31. The summed E-state index contributed by atoms with van der Waals surface area (Å²) < 4.78 is 30.1. The van der Waals surface area contributed by atoms with E-state index in [0.29, 0.717) is 45.0 Å². The Hall–Kier alpha value is -3.81. The van der Waals surface area contributed by atoms with E-state index in [1.807, 2.05) is 6.92 Å². The Kier molecular flexibility index (Phi) is 7.94. The summed E-state index contributed by atoms with van der Waals surface area (Å²) in [6, 6.07) is 11.8. The Morgan fingerprint density at radius 3 is 2.32 bits per heavy atom. The molecule has 0 saturated heterocycles. The van der Waals surface area contributed by atoms with Gasteiger partial charge in [-0.25, -0.2) is 14.0 Å². The summed E-state index contributed by atoms with van der Waals surface area (Å²) in [5.41, 5.74) is 1.92. The van der Waals surface area contributed by atoms with Crippen LogP contribution in [0.3, 0.4) is 0 Å². The molecule has 0 saturated carbocycles. The maximum absolute atomic E-state index is 11.9. The second-order valence-corrected chi connectivity index (χ2v) is 9.69. The number of nitrogens with zero attached hydrogens (tertiary/aromatic N) is 2. The molecule has 34 heavy (non-hydrogen) atoms. The summed E-state index contributed by atoms with van der Waals surface area (Å²) in [5.74, 6) is 8.17. The molecule has 1 unspecified atom stereocenters. The summed E-state index contributed by atoms with van der Waals surface area (Å²) in [7, 11) is 0.365. The topological polar surface area (TPSA) is 129 Å². The minimum atomic E-state index is -2.78.